The van der Waals surface area contributed by atoms with Gasteiger partial charge in [-0.1, -0.05) is 0 Å². The molecule has 18 heavy (non-hydrogen) atoms. The minimum atomic E-state index is -4.07. The third-order valence-corrected chi connectivity index (χ3v) is 3.12. The molecule has 0 atom stereocenters. The summed E-state index contributed by atoms with van der Waals surface area (Å²) in [6.07, 6.45) is 0. The van der Waals surface area contributed by atoms with Crippen LogP contribution < -0.4 is 5.14 Å². The Labute approximate surface area is 101 Å². The average molecular weight is 274 g/mol. The molecule has 6 nitrogen and oxygen atoms in total. The maximum atomic E-state index is 13.5. The zero-order valence-corrected chi connectivity index (χ0v) is 9.95. The monoisotopic (exact) mass is 274 g/mol. The van der Waals surface area contributed by atoms with Crippen molar-refractivity contribution in [3.63, 3.8) is 0 Å². The molecule has 2 rings (SSSR count). The Kier molecular flexibility index (Phi) is 2.87. The molecule has 1 aromatic heterocycles. The minimum Gasteiger partial charge on any atom is -0.300 e. The van der Waals surface area contributed by atoms with Gasteiger partial charge in [0.15, 0.2) is 5.82 Å². The standard InChI is InChI=1S/C9H8F2N4O2S/c1-15-8(13-14-9(15)18(12,16)17)6-4-5(10)2-3-7(6)11/h2-4H,1H3,(H2,12,16,17). The number of rotatable bonds is 2. The number of sulfonamides is 1. The Balaban J connectivity index is 2.67. The predicted octanol–water partition coefficient (Wildman–Crippen LogP) is 0.408. The summed E-state index contributed by atoms with van der Waals surface area (Å²) >= 11 is 0. The number of hydrogen-bond acceptors (Lipinski definition) is 4. The highest BCUT2D eigenvalue weighted by Crippen LogP contribution is 2.22. The van der Waals surface area contributed by atoms with Crippen LogP contribution in [0.5, 0.6) is 0 Å². The summed E-state index contributed by atoms with van der Waals surface area (Å²) in [6, 6.07) is 2.75. The van der Waals surface area contributed by atoms with Crippen molar-refractivity contribution < 1.29 is 17.2 Å². The molecule has 1 aromatic carbocycles. The van der Waals surface area contributed by atoms with E-state index >= 15 is 0 Å². The molecule has 0 aliphatic heterocycles. The van der Waals surface area contributed by atoms with Crippen LogP contribution in [0.1, 0.15) is 0 Å². The van der Waals surface area contributed by atoms with E-state index in [9.17, 15) is 17.2 Å². The lowest BCUT2D eigenvalue weighted by molar-refractivity contribution is 0.579. The number of halogens is 2. The van der Waals surface area contributed by atoms with Crippen LogP contribution in [0.25, 0.3) is 11.4 Å². The van der Waals surface area contributed by atoms with Gasteiger partial charge in [0, 0.05) is 7.05 Å². The third kappa shape index (κ3) is 2.09. The molecule has 1 heterocycles. The van der Waals surface area contributed by atoms with E-state index in [1.807, 2.05) is 0 Å². The number of nitrogens with zero attached hydrogens (tertiary/aromatic N) is 3. The summed E-state index contributed by atoms with van der Waals surface area (Å²) in [4.78, 5) is 0. The molecule has 2 aromatic rings. The molecule has 0 saturated heterocycles. The molecule has 0 unspecified atom stereocenters. The quantitative estimate of drug-likeness (QED) is 0.858. The second-order valence-corrected chi connectivity index (χ2v) is 4.99. The van der Waals surface area contributed by atoms with E-state index in [1.165, 1.54) is 7.05 Å². The van der Waals surface area contributed by atoms with E-state index < -0.39 is 26.8 Å². The van der Waals surface area contributed by atoms with Gasteiger partial charge >= 0.3 is 0 Å². The van der Waals surface area contributed by atoms with E-state index in [-0.39, 0.29) is 11.4 Å². The average Bonchev–Trinajstić information content (AvgIpc) is 2.63. The van der Waals surface area contributed by atoms with Gasteiger partial charge in [0.2, 0.25) is 0 Å². The van der Waals surface area contributed by atoms with Crippen LogP contribution in [0.4, 0.5) is 8.78 Å². The van der Waals surface area contributed by atoms with Gasteiger partial charge in [-0.3, -0.25) is 4.57 Å². The van der Waals surface area contributed by atoms with Gasteiger partial charge in [-0.2, -0.15) is 0 Å². The first kappa shape index (κ1) is 12.6. The lowest BCUT2D eigenvalue weighted by Gasteiger charge is -2.03. The summed E-state index contributed by atoms with van der Waals surface area (Å²) in [5, 5.41) is 11.2. The summed E-state index contributed by atoms with van der Waals surface area (Å²) in [5.41, 5.74) is -0.195. The van der Waals surface area contributed by atoms with Gasteiger partial charge in [0.25, 0.3) is 15.2 Å². The largest absolute Gasteiger partial charge is 0.300 e. The third-order valence-electron chi connectivity index (χ3n) is 2.26. The number of aromatic nitrogens is 3. The van der Waals surface area contributed by atoms with Crippen molar-refractivity contribution in [1.29, 1.82) is 0 Å². The molecular formula is C9H8F2N4O2S. The van der Waals surface area contributed by atoms with Crippen LogP contribution in [0.3, 0.4) is 0 Å². The molecule has 9 heteroatoms. The zero-order valence-electron chi connectivity index (χ0n) is 9.13. The lowest BCUT2D eigenvalue weighted by Crippen LogP contribution is -2.17. The maximum Gasteiger partial charge on any atom is 0.273 e. The number of benzene rings is 1. The molecule has 0 aliphatic carbocycles. The molecule has 96 valence electrons. The SMILES string of the molecule is Cn1c(-c2cc(F)ccc2F)nnc1S(N)(=O)=O. The first-order valence-electron chi connectivity index (χ1n) is 4.68. The van der Waals surface area contributed by atoms with Crippen molar-refractivity contribution in [2.24, 2.45) is 12.2 Å². The summed E-state index contributed by atoms with van der Waals surface area (Å²) < 4.78 is 49.8. The van der Waals surface area contributed by atoms with E-state index in [0.29, 0.717) is 0 Å². The van der Waals surface area contributed by atoms with Crippen molar-refractivity contribution >= 4 is 10.0 Å². The molecule has 0 bridgehead atoms. The summed E-state index contributed by atoms with van der Waals surface area (Å²) in [5.74, 6) is -1.55. The first-order chi connectivity index (χ1) is 8.30. The van der Waals surface area contributed by atoms with E-state index in [4.69, 9.17) is 5.14 Å². The van der Waals surface area contributed by atoms with Crippen LogP contribution in [0, 0.1) is 11.6 Å². The number of hydrogen-bond donors (Lipinski definition) is 1. The Morgan fingerprint density at radius 3 is 2.50 bits per heavy atom. The Bertz CT molecular complexity index is 711. The smallest absolute Gasteiger partial charge is 0.273 e. The lowest BCUT2D eigenvalue weighted by atomic mass is 10.2. The van der Waals surface area contributed by atoms with E-state index in [1.54, 1.807) is 0 Å². The fourth-order valence-electron chi connectivity index (χ4n) is 1.47. The van der Waals surface area contributed by atoms with Crippen molar-refractivity contribution in [2.75, 3.05) is 0 Å². The highest BCUT2D eigenvalue weighted by atomic mass is 32.2. The minimum absolute atomic E-state index is 0.129. The van der Waals surface area contributed by atoms with Crippen molar-refractivity contribution in [2.45, 2.75) is 5.16 Å². The number of primary sulfonamides is 1. The van der Waals surface area contributed by atoms with Crippen LogP contribution >= 0.6 is 0 Å². The molecule has 0 amide bonds. The van der Waals surface area contributed by atoms with Gasteiger partial charge in [0.05, 0.1) is 5.56 Å². The van der Waals surface area contributed by atoms with E-state index in [0.717, 1.165) is 22.8 Å². The molecule has 0 saturated carbocycles. The van der Waals surface area contributed by atoms with Crippen LogP contribution in [0.15, 0.2) is 23.4 Å². The topological polar surface area (TPSA) is 90.9 Å². The maximum absolute atomic E-state index is 13.5. The zero-order chi connectivity index (χ0) is 13.5. The van der Waals surface area contributed by atoms with Crippen molar-refractivity contribution in [3.8, 4) is 11.4 Å². The molecule has 0 spiro atoms. The first-order valence-corrected chi connectivity index (χ1v) is 6.23. The van der Waals surface area contributed by atoms with Gasteiger partial charge < -0.3 is 0 Å². The summed E-state index contributed by atoms with van der Waals surface area (Å²) in [7, 11) is -2.78. The second-order valence-electron chi connectivity index (χ2n) is 3.53. The highest BCUT2D eigenvalue weighted by molar-refractivity contribution is 7.89. The van der Waals surface area contributed by atoms with Gasteiger partial charge in [-0.25, -0.2) is 22.3 Å². The Morgan fingerprint density at radius 2 is 1.94 bits per heavy atom. The Morgan fingerprint density at radius 1 is 1.28 bits per heavy atom. The summed E-state index contributed by atoms with van der Waals surface area (Å²) in [6.45, 7) is 0. The van der Waals surface area contributed by atoms with Gasteiger partial charge in [-0.05, 0) is 18.2 Å². The predicted molar refractivity (Wildman–Crippen MR) is 57.7 cm³/mol. The van der Waals surface area contributed by atoms with Crippen molar-refractivity contribution in [1.82, 2.24) is 14.8 Å². The van der Waals surface area contributed by atoms with Crippen molar-refractivity contribution in [3.05, 3.63) is 29.8 Å². The van der Waals surface area contributed by atoms with Crippen LogP contribution in [0.2, 0.25) is 0 Å². The molecule has 0 aliphatic rings. The molecule has 0 fully saturated rings. The van der Waals surface area contributed by atoms with E-state index in [2.05, 4.69) is 10.2 Å². The van der Waals surface area contributed by atoms with Gasteiger partial charge in [-0.15, -0.1) is 10.2 Å². The number of nitrogens with two attached hydrogens (primary N) is 1. The molecule has 0 radical (unpaired) electrons. The molecule has 2 N–H and O–H groups in total. The molecular weight excluding hydrogens is 266 g/mol. The van der Waals surface area contributed by atoms with Gasteiger partial charge in [0.1, 0.15) is 11.6 Å². The Hall–Kier alpha value is -1.87. The highest BCUT2D eigenvalue weighted by Gasteiger charge is 2.21. The van der Waals surface area contributed by atoms with Crippen LogP contribution in [-0.2, 0) is 17.1 Å². The normalized spacial score (nSPS) is 11.8. The van der Waals surface area contributed by atoms with Crippen LogP contribution in [-0.4, -0.2) is 23.2 Å². The fraction of sp³-hybridized carbons (Fsp3) is 0.111. The fourth-order valence-corrected chi connectivity index (χ4v) is 2.09. The second kappa shape index (κ2) is 4.10.